The maximum absolute atomic E-state index is 10.1. The molecule has 0 aliphatic carbocycles. The van der Waals surface area contributed by atoms with Gasteiger partial charge in [-0.15, -0.1) is 0 Å². The Labute approximate surface area is 61.8 Å². The largest absolute Gasteiger partial charge is 0.481 e. The van der Waals surface area contributed by atoms with Crippen molar-refractivity contribution < 1.29 is 24.6 Å². The molecule has 1 unspecified atom stereocenters. The van der Waals surface area contributed by atoms with Crippen molar-refractivity contribution in [3.05, 3.63) is 0 Å². The third-order valence-electron chi connectivity index (χ3n) is 0.910. The van der Waals surface area contributed by atoms with Crippen molar-refractivity contribution in [1.29, 1.82) is 0 Å². The molecular formula is C5H6NO5. The van der Waals surface area contributed by atoms with Gasteiger partial charge in [-0.3, -0.25) is 9.59 Å². The number of aliphatic carboxylic acids is 2. The van der Waals surface area contributed by atoms with E-state index in [1.807, 2.05) is 0 Å². The van der Waals surface area contributed by atoms with Gasteiger partial charge >= 0.3 is 18.3 Å². The van der Waals surface area contributed by atoms with Gasteiger partial charge in [-0.1, -0.05) is 0 Å². The molecule has 0 aliphatic heterocycles. The van der Waals surface area contributed by atoms with Crippen LogP contribution in [0.1, 0.15) is 6.42 Å². The van der Waals surface area contributed by atoms with Crippen molar-refractivity contribution in [2.75, 3.05) is 0 Å². The monoisotopic (exact) mass is 160 g/mol. The highest BCUT2D eigenvalue weighted by atomic mass is 16.4. The Balaban J connectivity index is 3.99. The predicted octanol–water partition coefficient (Wildman–Crippen LogP) is -1.43. The summed E-state index contributed by atoms with van der Waals surface area (Å²) in [5, 5.41) is 18.1. The lowest BCUT2D eigenvalue weighted by Gasteiger charge is -2.05. The maximum atomic E-state index is 10.1. The van der Waals surface area contributed by atoms with Crippen LogP contribution in [0.5, 0.6) is 0 Å². The minimum atomic E-state index is -1.40. The second-order valence-corrected chi connectivity index (χ2v) is 1.74. The van der Waals surface area contributed by atoms with E-state index in [0.717, 1.165) is 6.41 Å². The van der Waals surface area contributed by atoms with E-state index in [2.05, 4.69) is 0 Å². The fraction of sp³-hybridized carbons (Fsp3) is 0.400. The number of carboxylic acids is 2. The molecule has 0 aromatic rings. The summed E-state index contributed by atoms with van der Waals surface area (Å²) in [6.07, 6.45) is 0.462. The van der Waals surface area contributed by atoms with Gasteiger partial charge in [-0.2, -0.15) is 0 Å². The first-order chi connectivity index (χ1) is 5.07. The van der Waals surface area contributed by atoms with Crippen LogP contribution >= 0.6 is 0 Å². The average molecular weight is 160 g/mol. The third kappa shape index (κ3) is 3.90. The summed E-state index contributed by atoms with van der Waals surface area (Å²) in [5.41, 5.74) is 0. The Morgan fingerprint density at radius 2 is 2.00 bits per heavy atom. The Kier molecular flexibility index (Phi) is 3.65. The minimum absolute atomic E-state index is 0.648. The molecule has 6 nitrogen and oxygen atoms in total. The summed E-state index contributed by atoms with van der Waals surface area (Å²) >= 11 is 0. The van der Waals surface area contributed by atoms with Crippen LogP contribution in [0.25, 0.3) is 0 Å². The van der Waals surface area contributed by atoms with Crippen LogP contribution in [0.3, 0.4) is 0 Å². The molecule has 0 aromatic carbocycles. The molecule has 0 rings (SSSR count). The summed E-state index contributed by atoms with van der Waals surface area (Å²) < 4.78 is 0. The summed E-state index contributed by atoms with van der Waals surface area (Å²) in [7, 11) is 0. The van der Waals surface area contributed by atoms with Gasteiger partial charge in [0.15, 0.2) is 0 Å². The second-order valence-electron chi connectivity index (χ2n) is 1.74. The smallest absolute Gasteiger partial charge is 0.326 e. The number of hydrogen-bond acceptors (Lipinski definition) is 3. The molecule has 0 heterocycles. The zero-order valence-corrected chi connectivity index (χ0v) is 5.40. The first kappa shape index (κ1) is 9.41. The number of carbonyl (C=O) groups excluding carboxylic acids is 1. The van der Waals surface area contributed by atoms with E-state index in [4.69, 9.17) is 10.2 Å². The van der Waals surface area contributed by atoms with Gasteiger partial charge in [0.2, 0.25) is 0 Å². The van der Waals surface area contributed by atoms with E-state index in [1.165, 1.54) is 0 Å². The third-order valence-corrected chi connectivity index (χ3v) is 0.910. The minimum Gasteiger partial charge on any atom is -0.481 e. The van der Waals surface area contributed by atoms with Crippen LogP contribution in [0.2, 0.25) is 0 Å². The van der Waals surface area contributed by atoms with Crippen LogP contribution in [0.4, 0.5) is 0 Å². The molecule has 0 bridgehead atoms. The van der Waals surface area contributed by atoms with Gasteiger partial charge < -0.3 is 15.5 Å². The summed E-state index contributed by atoms with van der Waals surface area (Å²) in [5.74, 6) is -2.68. The van der Waals surface area contributed by atoms with Gasteiger partial charge in [-0.25, -0.2) is 4.79 Å². The molecule has 0 aliphatic rings. The Bertz CT molecular complexity index is 178. The van der Waals surface area contributed by atoms with Crippen molar-refractivity contribution in [2.45, 2.75) is 12.5 Å². The number of rotatable bonds is 5. The number of nitrogens with one attached hydrogen (secondary N) is 1. The zero-order valence-electron chi connectivity index (χ0n) is 5.40. The predicted molar refractivity (Wildman–Crippen MR) is 32.5 cm³/mol. The van der Waals surface area contributed by atoms with E-state index in [9.17, 15) is 14.4 Å². The molecule has 0 spiro atoms. The molecule has 61 valence electrons. The molecule has 1 atom stereocenters. The van der Waals surface area contributed by atoms with Gasteiger partial charge in [0.25, 0.3) is 0 Å². The topological polar surface area (TPSA) is 104 Å². The molecule has 3 N–H and O–H groups in total. The van der Waals surface area contributed by atoms with Crippen molar-refractivity contribution >= 4 is 18.3 Å². The van der Waals surface area contributed by atoms with Gasteiger partial charge in [-0.05, 0) is 0 Å². The number of amides is 1. The van der Waals surface area contributed by atoms with Crippen molar-refractivity contribution in [3.63, 3.8) is 0 Å². The van der Waals surface area contributed by atoms with Crippen molar-refractivity contribution in [3.8, 4) is 0 Å². The molecule has 6 heteroatoms. The van der Waals surface area contributed by atoms with Crippen LogP contribution in [0, 0.1) is 0 Å². The fourth-order valence-electron chi connectivity index (χ4n) is 0.446. The Hall–Kier alpha value is -1.59. The maximum Gasteiger partial charge on any atom is 0.326 e. The zero-order chi connectivity index (χ0) is 8.85. The highest BCUT2D eigenvalue weighted by Crippen LogP contribution is 1.90. The quantitative estimate of drug-likeness (QED) is 0.428. The summed E-state index contributed by atoms with van der Waals surface area (Å²) in [6.45, 7) is 0. The average Bonchev–Trinajstić information content (AvgIpc) is 1.86. The second kappa shape index (κ2) is 4.26. The van der Waals surface area contributed by atoms with E-state index in [0.29, 0.717) is 0 Å². The highest BCUT2D eigenvalue weighted by molar-refractivity contribution is 5.82. The number of carbonyl (C=O) groups is 2. The highest BCUT2D eigenvalue weighted by Gasteiger charge is 2.19. The SMILES string of the molecule is O=[C]NC(CC(=O)O)C(=O)O. The van der Waals surface area contributed by atoms with E-state index in [1.54, 1.807) is 5.32 Å². The standard InChI is InChI=1S/C5H6NO5/c7-2-6-3(5(10)11)1-4(8)9/h3H,1H2,(H,6,7)(H,8,9)(H,10,11). The first-order valence-corrected chi connectivity index (χ1v) is 2.65. The molecular weight excluding hydrogens is 154 g/mol. The van der Waals surface area contributed by atoms with Gasteiger partial charge in [0, 0.05) is 0 Å². The van der Waals surface area contributed by atoms with Crippen LogP contribution < -0.4 is 5.32 Å². The molecule has 11 heavy (non-hydrogen) atoms. The lowest BCUT2D eigenvalue weighted by molar-refractivity contribution is -0.145. The Morgan fingerprint density at radius 3 is 2.27 bits per heavy atom. The summed E-state index contributed by atoms with van der Waals surface area (Å²) in [4.78, 5) is 29.7. The first-order valence-electron chi connectivity index (χ1n) is 2.65. The van der Waals surface area contributed by atoms with Crippen molar-refractivity contribution in [1.82, 2.24) is 5.32 Å². The number of carboxylic acid groups (broad SMARTS) is 2. The summed E-state index contributed by atoms with van der Waals surface area (Å²) in [6, 6.07) is -1.40. The molecule has 0 fully saturated rings. The number of hydrogen-bond donors (Lipinski definition) is 3. The molecule has 0 aromatic heterocycles. The molecule has 1 radical (unpaired) electrons. The lowest BCUT2D eigenvalue weighted by atomic mass is 10.2. The van der Waals surface area contributed by atoms with E-state index in [-0.39, 0.29) is 0 Å². The fourth-order valence-corrected chi connectivity index (χ4v) is 0.446. The molecule has 0 saturated heterocycles. The van der Waals surface area contributed by atoms with E-state index < -0.39 is 24.4 Å². The van der Waals surface area contributed by atoms with E-state index >= 15 is 0 Å². The van der Waals surface area contributed by atoms with Crippen LogP contribution in [-0.2, 0) is 14.4 Å². The van der Waals surface area contributed by atoms with Gasteiger partial charge in [0.05, 0.1) is 6.42 Å². The Morgan fingerprint density at radius 1 is 1.45 bits per heavy atom. The molecule has 0 saturated carbocycles. The van der Waals surface area contributed by atoms with Crippen LogP contribution in [0.15, 0.2) is 0 Å². The van der Waals surface area contributed by atoms with Crippen molar-refractivity contribution in [2.24, 2.45) is 0 Å². The normalized spacial score (nSPS) is 11.6. The van der Waals surface area contributed by atoms with Gasteiger partial charge in [0.1, 0.15) is 6.04 Å². The van der Waals surface area contributed by atoms with Crippen LogP contribution in [-0.4, -0.2) is 34.6 Å². The molecule has 1 amide bonds. The lowest BCUT2D eigenvalue weighted by Crippen LogP contribution is -2.37.